The third-order valence-electron chi connectivity index (χ3n) is 11.3. The lowest BCUT2D eigenvalue weighted by molar-refractivity contribution is -0.0844. The quantitative estimate of drug-likeness (QED) is 0.223. The zero-order chi connectivity index (χ0) is 32.6. The number of rotatable bonds is 6. The van der Waals surface area contributed by atoms with Crippen LogP contribution in [0.1, 0.15) is 91.5 Å². The number of aliphatic hydroxyl groups excluding tert-OH is 2. The van der Waals surface area contributed by atoms with Gasteiger partial charge in [-0.25, -0.2) is 0 Å². The molecule has 0 spiro atoms. The van der Waals surface area contributed by atoms with Crippen LogP contribution in [0.3, 0.4) is 0 Å². The van der Waals surface area contributed by atoms with E-state index in [4.69, 9.17) is 23.7 Å². The molecule has 3 aliphatic heterocycles. The molecule has 47 heavy (non-hydrogen) atoms. The first-order valence-corrected chi connectivity index (χ1v) is 16.9. The molecule has 2 fully saturated rings. The lowest BCUT2D eigenvalue weighted by atomic mass is 9.73. The number of methoxy groups -OCH3 is 3. The van der Waals surface area contributed by atoms with Gasteiger partial charge in [-0.05, 0) is 68.7 Å². The highest BCUT2D eigenvalue weighted by atomic mass is 16.5. The van der Waals surface area contributed by atoms with Crippen molar-refractivity contribution in [2.75, 3.05) is 33.3 Å². The van der Waals surface area contributed by atoms with Gasteiger partial charge < -0.3 is 44.3 Å². The van der Waals surface area contributed by atoms with Gasteiger partial charge in [-0.3, -0.25) is 5.32 Å². The van der Waals surface area contributed by atoms with E-state index >= 15 is 0 Å². The summed E-state index contributed by atoms with van der Waals surface area (Å²) in [6, 6.07) is 7.65. The Morgan fingerprint density at radius 3 is 2.32 bits per heavy atom. The fourth-order valence-electron chi connectivity index (χ4n) is 9.03. The van der Waals surface area contributed by atoms with Crippen LogP contribution in [0, 0.1) is 5.92 Å². The van der Waals surface area contributed by atoms with Crippen molar-refractivity contribution in [3.05, 3.63) is 52.1 Å². The number of ether oxygens (including phenoxy) is 5. The van der Waals surface area contributed by atoms with Crippen LogP contribution in [0.5, 0.6) is 34.5 Å². The van der Waals surface area contributed by atoms with Crippen molar-refractivity contribution in [2.45, 2.75) is 88.3 Å². The first kappa shape index (κ1) is 30.5. The van der Waals surface area contributed by atoms with Crippen LogP contribution in [0.4, 0.5) is 5.69 Å². The molecule has 6 atom stereocenters. The number of benzene rings is 3. The van der Waals surface area contributed by atoms with Crippen LogP contribution in [0.25, 0.3) is 11.1 Å². The summed E-state index contributed by atoms with van der Waals surface area (Å²) in [5.41, 5.74) is 6.32. The molecule has 5 N–H and O–H groups in total. The van der Waals surface area contributed by atoms with Crippen molar-refractivity contribution in [3.63, 3.8) is 0 Å². The summed E-state index contributed by atoms with van der Waals surface area (Å²) in [5.74, 6) is 2.36. The normalized spacial score (nSPS) is 28.5. The van der Waals surface area contributed by atoms with Crippen molar-refractivity contribution in [2.24, 2.45) is 5.92 Å². The van der Waals surface area contributed by atoms with E-state index in [-0.39, 0.29) is 23.9 Å². The lowest BCUT2D eigenvalue weighted by Gasteiger charge is -2.50. The highest BCUT2D eigenvalue weighted by molar-refractivity contribution is 5.93. The second-order valence-electron chi connectivity index (χ2n) is 13.8. The number of nitrogens with one attached hydrogen (secondary N) is 2. The monoisotopic (exact) mass is 644 g/mol. The molecule has 10 heteroatoms. The van der Waals surface area contributed by atoms with E-state index in [1.165, 1.54) is 20.6 Å². The minimum atomic E-state index is -1.00. The molecule has 2 aliphatic carbocycles. The average molecular weight is 645 g/mol. The summed E-state index contributed by atoms with van der Waals surface area (Å²) in [7, 11) is 4.66. The predicted molar refractivity (Wildman–Crippen MR) is 176 cm³/mol. The Bertz CT molecular complexity index is 1720. The van der Waals surface area contributed by atoms with Gasteiger partial charge in [-0.1, -0.05) is 6.42 Å². The molecule has 250 valence electrons. The van der Waals surface area contributed by atoms with Crippen LogP contribution in [0.15, 0.2) is 24.3 Å². The molecule has 0 aromatic heterocycles. The van der Waals surface area contributed by atoms with Crippen LogP contribution in [-0.4, -0.2) is 55.0 Å². The van der Waals surface area contributed by atoms with E-state index in [0.717, 1.165) is 76.9 Å². The second kappa shape index (κ2) is 11.4. The van der Waals surface area contributed by atoms with Crippen molar-refractivity contribution >= 4 is 5.69 Å². The van der Waals surface area contributed by atoms with E-state index in [1.54, 1.807) is 19.2 Å². The van der Waals surface area contributed by atoms with Gasteiger partial charge in [-0.15, -0.1) is 0 Å². The summed E-state index contributed by atoms with van der Waals surface area (Å²) >= 11 is 0. The number of hydrogen-bond acceptors (Lipinski definition) is 10. The Kier molecular flexibility index (Phi) is 7.38. The summed E-state index contributed by atoms with van der Waals surface area (Å²) in [5, 5.41) is 41.5. The van der Waals surface area contributed by atoms with Gasteiger partial charge in [0.1, 0.15) is 17.2 Å². The summed E-state index contributed by atoms with van der Waals surface area (Å²) in [6.07, 6.45) is 5.99. The maximum atomic E-state index is 12.1. The highest BCUT2D eigenvalue weighted by Gasteiger charge is 2.48. The molecule has 0 radical (unpaired) electrons. The molecule has 0 amide bonds. The minimum absolute atomic E-state index is 0.0905. The molecule has 0 unspecified atom stereocenters. The summed E-state index contributed by atoms with van der Waals surface area (Å²) < 4.78 is 30.3. The minimum Gasteiger partial charge on any atom is -0.502 e. The predicted octanol–water partition coefficient (Wildman–Crippen LogP) is 5.85. The number of fused-ring (bicyclic) bond motifs is 3. The maximum Gasteiger partial charge on any atom is 0.200 e. The van der Waals surface area contributed by atoms with Crippen molar-refractivity contribution < 1.29 is 39.0 Å². The average Bonchev–Trinajstić information content (AvgIpc) is 3.07. The second-order valence-corrected chi connectivity index (χ2v) is 13.8. The van der Waals surface area contributed by atoms with E-state index in [2.05, 4.69) is 17.6 Å². The largest absolute Gasteiger partial charge is 0.502 e. The van der Waals surface area contributed by atoms with E-state index < -0.39 is 24.0 Å². The molecule has 10 nitrogen and oxygen atoms in total. The van der Waals surface area contributed by atoms with Gasteiger partial charge in [0.25, 0.3) is 0 Å². The molecule has 5 aliphatic rings. The number of piperidine rings is 1. The summed E-state index contributed by atoms with van der Waals surface area (Å²) in [4.78, 5) is 0. The molecule has 1 saturated carbocycles. The highest BCUT2D eigenvalue weighted by Crippen LogP contribution is 2.58. The van der Waals surface area contributed by atoms with Crippen LogP contribution >= 0.6 is 0 Å². The lowest BCUT2D eigenvalue weighted by Crippen LogP contribution is -2.63. The van der Waals surface area contributed by atoms with Gasteiger partial charge in [0, 0.05) is 64.4 Å². The zero-order valence-corrected chi connectivity index (χ0v) is 27.4. The van der Waals surface area contributed by atoms with Gasteiger partial charge in [0.05, 0.1) is 39.6 Å². The molecule has 3 heterocycles. The van der Waals surface area contributed by atoms with Crippen LogP contribution in [-0.2, 0) is 12.8 Å². The Morgan fingerprint density at radius 1 is 0.830 bits per heavy atom. The van der Waals surface area contributed by atoms with E-state index in [0.29, 0.717) is 41.9 Å². The Hall–Kier alpha value is -3.86. The van der Waals surface area contributed by atoms with Gasteiger partial charge in [-0.2, -0.15) is 0 Å². The SMILES string of the molecule is COc1cc([C@@H]2COc3cc4c5c(c3[C@H]2O)CCc2c(OC)cc(O[C@]36CCCC[C@@H]3CC[C@H](C)N6)c(c2-5)[C@@H](O)N4)cc(OC)c1O. The number of aliphatic hydroxyl groups is 2. The Morgan fingerprint density at radius 2 is 1.57 bits per heavy atom. The van der Waals surface area contributed by atoms with Crippen LogP contribution < -0.4 is 34.3 Å². The fourth-order valence-corrected chi connectivity index (χ4v) is 9.03. The number of hydrogen-bond donors (Lipinski definition) is 5. The van der Waals surface area contributed by atoms with Gasteiger partial charge >= 0.3 is 0 Å². The molecular weight excluding hydrogens is 600 g/mol. The number of aromatic hydroxyl groups is 1. The molecule has 1 saturated heterocycles. The van der Waals surface area contributed by atoms with Crippen LogP contribution in [0.2, 0.25) is 0 Å². The van der Waals surface area contributed by atoms with E-state index in [9.17, 15) is 15.3 Å². The third-order valence-corrected chi connectivity index (χ3v) is 11.3. The zero-order valence-electron chi connectivity index (χ0n) is 27.4. The first-order valence-electron chi connectivity index (χ1n) is 16.9. The van der Waals surface area contributed by atoms with Crippen molar-refractivity contribution in [3.8, 4) is 45.6 Å². The smallest absolute Gasteiger partial charge is 0.200 e. The van der Waals surface area contributed by atoms with Gasteiger partial charge in [0.15, 0.2) is 23.5 Å². The number of anilines is 1. The standard InChI is InChI=1S/C37H44N2O8/c1-18-8-9-20-7-5-6-12-37(20,39-18)47-27-16-25(43-2)21-10-11-22-30-24(38-36(42)33(27)32(21)30)15-26-31(22)34(40)23(17-46-26)19-13-28(44-3)35(41)29(14-19)45-4/h13-16,18,20,23,34,36,38-42H,5-12,17H2,1-4H3/t18-,20+,23-,34-,36+,37+/m0/s1. The molecule has 0 bridgehead atoms. The summed E-state index contributed by atoms with van der Waals surface area (Å²) in [6.45, 7) is 2.44. The topological polar surface area (TPSA) is 131 Å². The molecule has 3 aromatic rings. The fraction of sp³-hybridized carbons (Fsp3) is 0.514. The maximum absolute atomic E-state index is 12.1. The third kappa shape index (κ3) is 4.63. The Balaban J connectivity index is 1.26. The molecular formula is C37H44N2O8. The molecule has 3 aromatic carbocycles. The first-order chi connectivity index (χ1) is 22.8. The van der Waals surface area contributed by atoms with Crippen molar-refractivity contribution in [1.29, 1.82) is 0 Å². The Labute approximate surface area is 275 Å². The van der Waals surface area contributed by atoms with E-state index in [1.807, 2.05) is 12.1 Å². The number of phenolic OH excluding ortho intramolecular Hbond substituents is 1. The van der Waals surface area contributed by atoms with Gasteiger partial charge in [0.2, 0.25) is 5.75 Å². The molecule has 8 rings (SSSR count). The van der Waals surface area contributed by atoms with Crippen molar-refractivity contribution in [1.82, 2.24) is 5.32 Å². The number of phenols is 1.